The summed E-state index contributed by atoms with van der Waals surface area (Å²) in [6.45, 7) is 6.20. The van der Waals surface area contributed by atoms with Crippen molar-refractivity contribution in [3.05, 3.63) is 54.4 Å². The number of nitrogens with one attached hydrogen (secondary N) is 2. The maximum atomic E-state index is 12.5. The number of nitrogens with zero attached hydrogens (tertiary/aromatic N) is 3. The highest BCUT2D eigenvalue weighted by atomic mass is 16.2. The number of rotatable bonds is 5. The number of carbonyl (C=O) groups excluding carboxylic acids is 2. The van der Waals surface area contributed by atoms with Gasteiger partial charge in [-0.2, -0.15) is 0 Å². The Balaban J connectivity index is 1.43. The van der Waals surface area contributed by atoms with Crippen molar-refractivity contribution in [2.24, 2.45) is 0 Å². The third-order valence-corrected chi connectivity index (χ3v) is 5.31. The van der Waals surface area contributed by atoms with Crippen LogP contribution in [0.4, 0.5) is 5.69 Å². The van der Waals surface area contributed by atoms with Gasteiger partial charge >= 0.3 is 0 Å². The number of pyridine rings is 1. The Morgan fingerprint density at radius 1 is 1.28 bits per heavy atom. The number of hydrogen-bond donors (Lipinski definition) is 2. The van der Waals surface area contributed by atoms with E-state index in [9.17, 15) is 9.59 Å². The van der Waals surface area contributed by atoms with Crippen LogP contribution in [0.5, 0.6) is 0 Å². The van der Waals surface area contributed by atoms with Crippen LogP contribution in [-0.4, -0.2) is 51.8 Å². The largest absolute Gasteiger partial charge is 0.353 e. The molecule has 1 aliphatic rings. The lowest BCUT2D eigenvalue weighted by atomic mass is 10.1. The average molecular weight is 391 g/mol. The molecule has 0 bridgehead atoms. The van der Waals surface area contributed by atoms with Gasteiger partial charge in [0.2, 0.25) is 11.8 Å². The van der Waals surface area contributed by atoms with Crippen LogP contribution in [-0.2, 0) is 9.59 Å². The summed E-state index contributed by atoms with van der Waals surface area (Å²) in [5, 5.41) is 5.73. The van der Waals surface area contributed by atoms with Crippen LogP contribution in [0.3, 0.4) is 0 Å². The van der Waals surface area contributed by atoms with E-state index >= 15 is 0 Å². The van der Waals surface area contributed by atoms with Gasteiger partial charge in [0, 0.05) is 36.7 Å². The van der Waals surface area contributed by atoms with Gasteiger partial charge in [-0.1, -0.05) is 19.1 Å². The summed E-state index contributed by atoms with van der Waals surface area (Å²) in [5.41, 5.74) is 4.64. The molecule has 0 saturated carbocycles. The van der Waals surface area contributed by atoms with Crippen LogP contribution < -0.4 is 10.6 Å². The number of aromatic nitrogens is 2. The fraction of sp³-hybridized carbons (Fsp3) is 0.318. The summed E-state index contributed by atoms with van der Waals surface area (Å²) in [7, 11) is 0. The van der Waals surface area contributed by atoms with Crippen molar-refractivity contribution in [2.45, 2.75) is 26.3 Å². The fourth-order valence-electron chi connectivity index (χ4n) is 3.70. The monoisotopic (exact) mass is 391 g/mol. The van der Waals surface area contributed by atoms with Gasteiger partial charge in [0.1, 0.15) is 5.65 Å². The second-order valence-corrected chi connectivity index (χ2v) is 7.36. The molecule has 2 aromatic heterocycles. The normalized spacial score (nSPS) is 17.3. The highest BCUT2D eigenvalue weighted by Crippen LogP contribution is 2.22. The van der Waals surface area contributed by atoms with Crippen molar-refractivity contribution in [3.63, 3.8) is 0 Å². The summed E-state index contributed by atoms with van der Waals surface area (Å²) >= 11 is 0. The van der Waals surface area contributed by atoms with Gasteiger partial charge in [-0.25, -0.2) is 4.98 Å². The molecule has 7 nitrogen and oxygen atoms in total. The SMILES string of the molecule is CCN1CCNC(=O)C1CC(=O)Nc1ccc(-c2cn3ccc(C)cc3n2)cc1. The second-order valence-electron chi connectivity index (χ2n) is 7.36. The Morgan fingerprint density at radius 2 is 2.07 bits per heavy atom. The molecule has 1 aromatic carbocycles. The summed E-state index contributed by atoms with van der Waals surface area (Å²) in [6.07, 6.45) is 4.13. The molecular formula is C22H25N5O2. The van der Waals surface area contributed by atoms with Gasteiger partial charge in [-0.3, -0.25) is 14.5 Å². The van der Waals surface area contributed by atoms with Crippen LogP contribution in [0.15, 0.2) is 48.8 Å². The third kappa shape index (κ3) is 4.14. The molecule has 0 aliphatic carbocycles. The predicted molar refractivity (Wildman–Crippen MR) is 113 cm³/mol. The molecule has 1 unspecified atom stereocenters. The molecule has 2 N–H and O–H groups in total. The van der Waals surface area contributed by atoms with Gasteiger partial charge < -0.3 is 15.0 Å². The minimum atomic E-state index is -0.408. The van der Waals surface area contributed by atoms with Crippen LogP contribution >= 0.6 is 0 Å². The first kappa shape index (κ1) is 19.1. The number of amides is 2. The molecular weight excluding hydrogens is 366 g/mol. The standard InChI is InChI=1S/C22H25N5O2/c1-3-26-11-9-23-22(29)19(26)13-21(28)24-17-6-4-16(5-7-17)18-14-27-10-8-15(2)12-20(27)25-18/h4-8,10,12,14,19H,3,9,11,13H2,1-2H3,(H,23,29)(H,24,28). The van der Waals surface area contributed by atoms with E-state index in [1.54, 1.807) is 0 Å². The van der Waals surface area contributed by atoms with E-state index in [4.69, 9.17) is 0 Å². The third-order valence-electron chi connectivity index (χ3n) is 5.31. The molecule has 2 amide bonds. The van der Waals surface area contributed by atoms with E-state index in [1.807, 2.05) is 71.9 Å². The summed E-state index contributed by atoms with van der Waals surface area (Å²) in [5.74, 6) is -0.243. The first-order valence-electron chi connectivity index (χ1n) is 9.91. The minimum Gasteiger partial charge on any atom is -0.353 e. The molecule has 29 heavy (non-hydrogen) atoms. The van der Waals surface area contributed by atoms with Gasteiger partial charge in [-0.15, -0.1) is 0 Å². The molecule has 4 rings (SSSR count). The highest BCUT2D eigenvalue weighted by Gasteiger charge is 2.30. The smallest absolute Gasteiger partial charge is 0.237 e. The average Bonchev–Trinajstić information content (AvgIpc) is 3.13. The topological polar surface area (TPSA) is 78.7 Å². The highest BCUT2D eigenvalue weighted by molar-refractivity contribution is 5.95. The molecule has 3 heterocycles. The van der Waals surface area contributed by atoms with Crippen molar-refractivity contribution in [1.29, 1.82) is 0 Å². The maximum Gasteiger partial charge on any atom is 0.237 e. The molecule has 1 aliphatic heterocycles. The van der Waals surface area contributed by atoms with E-state index in [1.165, 1.54) is 5.56 Å². The van der Waals surface area contributed by atoms with Gasteiger partial charge in [0.15, 0.2) is 0 Å². The fourth-order valence-corrected chi connectivity index (χ4v) is 3.70. The van der Waals surface area contributed by atoms with Crippen molar-refractivity contribution < 1.29 is 9.59 Å². The van der Waals surface area contributed by atoms with Crippen molar-refractivity contribution in [1.82, 2.24) is 19.6 Å². The van der Waals surface area contributed by atoms with Gasteiger partial charge in [0.25, 0.3) is 0 Å². The number of hydrogen-bond acceptors (Lipinski definition) is 4. The molecule has 7 heteroatoms. The van der Waals surface area contributed by atoms with E-state index in [0.717, 1.165) is 30.0 Å². The summed E-state index contributed by atoms with van der Waals surface area (Å²) in [6, 6.07) is 11.3. The summed E-state index contributed by atoms with van der Waals surface area (Å²) < 4.78 is 1.99. The Labute approximate surface area is 169 Å². The minimum absolute atomic E-state index is 0.0781. The number of piperazine rings is 1. The Bertz CT molecular complexity index is 1040. The lowest BCUT2D eigenvalue weighted by Gasteiger charge is -2.33. The number of fused-ring (bicyclic) bond motifs is 1. The van der Waals surface area contributed by atoms with E-state index in [0.29, 0.717) is 12.2 Å². The number of anilines is 1. The zero-order chi connectivity index (χ0) is 20.4. The lowest BCUT2D eigenvalue weighted by molar-refractivity contribution is -0.132. The van der Waals surface area contributed by atoms with Crippen molar-refractivity contribution in [3.8, 4) is 11.3 Å². The molecule has 150 valence electrons. The number of likely N-dealkylation sites (N-methyl/N-ethyl adjacent to an activating group) is 1. The first-order chi connectivity index (χ1) is 14.0. The Morgan fingerprint density at radius 3 is 2.83 bits per heavy atom. The Kier molecular flexibility index (Phi) is 5.31. The van der Waals surface area contributed by atoms with Crippen LogP contribution in [0.25, 0.3) is 16.9 Å². The molecule has 0 radical (unpaired) electrons. The first-order valence-corrected chi connectivity index (χ1v) is 9.91. The second kappa shape index (κ2) is 8.05. The zero-order valence-electron chi connectivity index (χ0n) is 16.7. The van der Waals surface area contributed by atoms with E-state index < -0.39 is 6.04 Å². The van der Waals surface area contributed by atoms with Crippen LogP contribution in [0, 0.1) is 6.92 Å². The Hall–Kier alpha value is -3.19. The van der Waals surface area contributed by atoms with Crippen LogP contribution in [0.1, 0.15) is 18.9 Å². The summed E-state index contributed by atoms with van der Waals surface area (Å²) in [4.78, 5) is 31.3. The van der Waals surface area contributed by atoms with E-state index in [2.05, 4.69) is 15.6 Å². The maximum absolute atomic E-state index is 12.5. The molecule has 1 fully saturated rings. The molecule has 1 saturated heterocycles. The number of carbonyl (C=O) groups is 2. The number of imidazole rings is 1. The van der Waals surface area contributed by atoms with Gasteiger partial charge in [-0.05, 0) is 43.3 Å². The van der Waals surface area contributed by atoms with Crippen molar-refractivity contribution in [2.75, 3.05) is 25.0 Å². The van der Waals surface area contributed by atoms with Gasteiger partial charge in [0.05, 0.1) is 18.2 Å². The lowest BCUT2D eigenvalue weighted by Crippen LogP contribution is -2.56. The quantitative estimate of drug-likeness (QED) is 0.700. The zero-order valence-corrected chi connectivity index (χ0v) is 16.7. The van der Waals surface area contributed by atoms with Crippen LogP contribution in [0.2, 0.25) is 0 Å². The number of aryl methyl sites for hydroxylation is 1. The van der Waals surface area contributed by atoms with E-state index in [-0.39, 0.29) is 18.2 Å². The van der Waals surface area contributed by atoms with Crippen molar-refractivity contribution >= 4 is 23.1 Å². The molecule has 3 aromatic rings. The molecule has 1 atom stereocenters. The predicted octanol–water partition coefficient (Wildman–Crippen LogP) is 2.46. The number of benzene rings is 1. The molecule has 0 spiro atoms.